The van der Waals surface area contributed by atoms with Crippen LogP contribution in [-0.2, 0) is 17.6 Å². The summed E-state index contributed by atoms with van der Waals surface area (Å²) in [5, 5.41) is 0. The highest BCUT2D eigenvalue weighted by atomic mass is 19.2. The summed E-state index contributed by atoms with van der Waals surface area (Å²) in [6.07, 6.45) is 2.78. The first-order valence-electron chi connectivity index (χ1n) is 13.4. The second-order valence-electron chi connectivity index (χ2n) is 9.85. The van der Waals surface area contributed by atoms with Gasteiger partial charge in [-0.2, -0.15) is 8.78 Å². The van der Waals surface area contributed by atoms with Gasteiger partial charge in [0, 0.05) is 22.3 Å². The molecule has 1 aliphatic heterocycles. The molecule has 0 amide bonds. The van der Waals surface area contributed by atoms with Crippen LogP contribution in [0.5, 0.6) is 11.5 Å². The van der Waals surface area contributed by atoms with E-state index in [1.165, 1.54) is 30.5 Å². The zero-order valence-electron chi connectivity index (χ0n) is 22.1. The smallest absolute Gasteiger partial charge is 0.201 e. The van der Waals surface area contributed by atoms with Crippen LogP contribution in [0.3, 0.4) is 0 Å². The molecule has 5 rings (SSSR count). The molecule has 1 aliphatic carbocycles. The van der Waals surface area contributed by atoms with Crippen LogP contribution in [0.2, 0.25) is 0 Å². The SMILES string of the molecule is CCCCOc1cc2c(c(F)c1F)-c1c(cc(C3=COC(c4ccc(OCC)c(F)c4F)CC3)c(F)c1F)CC2. The lowest BCUT2D eigenvalue weighted by atomic mass is 9.82. The highest BCUT2D eigenvalue weighted by Gasteiger charge is 2.32. The van der Waals surface area contributed by atoms with Crippen molar-refractivity contribution in [1.29, 1.82) is 0 Å². The van der Waals surface area contributed by atoms with E-state index in [9.17, 15) is 13.2 Å². The summed E-state index contributed by atoms with van der Waals surface area (Å²) in [6.45, 7) is 3.98. The second kappa shape index (κ2) is 11.5. The van der Waals surface area contributed by atoms with Gasteiger partial charge in [-0.3, -0.25) is 0 Å². The molecule has 0 radical (unpaired) electrons. The minimum Gasteiger partial charge on any atom is -0.493 e. The molecule has 1 unspecified atom stereocenters. The van der Waals surface area contributed by atoms with Gasteiger partial charge in [-0.05, 0) is 80.0 Å². The molecule has 9 heteroatoms. The molecule has 0 saturated heterocycles. The van der Waals surface area contributed by atoms with Gasteiger partial charge in [0.25, 0.3) is 0 Å². The van der Waals surface area contributed by atoms with Gasteiger partial charge in [0.1, 0.15) is 6.10 Å². The molecule has 0 N–H and O–H groups in total. The number of hydrogen-bond donors (Lipinski definition) is 0. The summed E-state index contributed by atoms with van der Waals surface area (Å²) in [6, 6.07) is 5.47. The van der Waals surface area contributed by atoms with Crippen molar-refractivity contribution in [3.63, 3.8) is 0 Å². The number of hydrogen-bond acceptors (Lipinski definition) is 3. The predicted octanol–water partition coefficient (Wildman–Crippen LogP) is 8.76. The lowest BCUT2D eigenvalue weighted by molar-refractivity contribution is 0.124. The molecule has 40 heavy (non-hydrogen) atoms. The maximum absolute atomic E-state index is 15.5. The average molecular weight is 563 g/mol. The number of ether oxygens (including phenoxy) is 3. The normalized spacial score (nSPS) is 16.1. The minimum absolute atomic E-state index is 0.0134. The van der Waals surface area contributed by atoms with Gasteiger partial charge >= 0.3 is 0 Å². The van der Waals surface area contributed by atoms with Crippen LogP contribution in [0.25, 0.3) is 16.7 Å². The van der Waals surface area contributed by atoms with Crippen LogP contribution >= 0.6 is 0 Å². The van der Waals surface area contributed by atoms with Crippen LogP contribution in [0.15, 0.2) is 30.5 Å². The van der Waals surface area contributed by atoms with Gasteiger partial charge in [0.15, 0.2) is 34.8 Å². The van der Waals surface area contributed by atoms with E-state index < -0.39 is 41.0 Å². The van der Waals surface area contributed by atoms with Crippen molar-refractivity contribution in [2.45, 2.75) is 58.5 Å². The molecule has 3 aromatic rings. The van der Waals surface area contributed by atoms with Gasteiger partial charge in [0.2, 0.25) is 11.6 Å². The summed E-state index contributed by atoms with van der Waals surface area (Å²) in [5.74, 6) is -7.68. The summed E-state index contributed by atoms with van der Waals surface area (Å²) < 4.78 is 106. The van der Waals surface area contributed by atoms with E-state index in [4.69, 9.17) is 14.2 Å². The maximum Gasteiger partial charge on any atom is 0.201 e. The lowest BCUT2D eigenvalue weighted by Crippen LogP contribution is -2.14. The van der Waals surface area contributed by atoms with Crippen molar-refractivity contribution in [2.75, 3.05) is 13.2 Å². The monoisotopic (exact) mass is 562 g/mol. The van der Waals surface area contributed by atoms with E-state index in [0.717, 1.165) is 6.42 Å². The first-order valence-corrected chi connectivity index (χ1v) is 13.4. The Balaban J connectivity index is 1.45. The van der Waals surface area contributed by atoms with Crippen molar-refractivity contribution in [3.05, 3.63) is 87.7 Å². The van der Waals surface area contributed by atoms with Gasteiger partial charge in [-0.15, -0.1) is 0 Å². The van der Waals surface area contributed by atoms with Crippen LogP contribution in [0.4, 0.5) is 26.3 Å². The van der Waals surface area contributed by atoms with Gasteiger partial charge < -0.3 is 14.2 Å². The molecular weight excluding hydrogens is 534 g/mol. The number of benzene rings is 3. The molecular formula is C31H28F6O3. The van der Waals surface area contributed by atoms with Gasteiger partial charge in [0.05, 0.1) is 19.5 Å². The van der Waals surface area contributed by atoms with Gasteiger partial charge in [-0.1, -0.05) is 13.3 Å². The fraction of sp³-hybridized carbons (Fsp3) is 0.355. The second-order valence-corrected chi connectivity index (χ2v) is 9.85. The average Bonchev–Trinajstić information content (AvgIpc) is 2.96. The van der Waals surface area contributed by atoms with Crippen molar-refractivity contribution >= 4 is 5.57 Å². The van der Waals surface area contributed by atoms with Crippen LogP contribution < -0.4 is 9.47 Å². The number of fused-ring (bicyclic) bond motifs is 3. The molecule has 3 nitrogen and oxygen atoms in total. The number of allylic oxidation sites excluding steroid dienone is 1. The molecule has 1 atom stereocenters. The van der Waals surface area contributed by atoms with E-state index in [2.05, 4.69) is 0 Å². The Hall–Kier alpha value is -3.62. The standard InChI is InChI=1S/C31H28F6O3/c1-3-5-12-39-23-14-17-7-6-16-13-20(27(33)30(36)24(16)25(17)31(37)29(23)35)18-8-10-21(40-15-18)19-9-11-22(38-4-2)28(34)26(19)32/h9,11,13-15,21H,3-8,10,12H2,1-2H3. The van der Waals surface area contributed by atoms with Crippen LogP contribution in [-0.4, -0.2) is 13.2 Å². The first-order chi connectivity index (χ1) is 19.3. The van der Waals surface area contributed by atoms with E-state index in [1.54, 1.807) is 6.92 Å². The zero-order chi connectivity index (χ0) is 28.6. The Labute approximate surface area is 228 Å². The fourth-order valence-corrected chi connectivity index (χ4v) is 5.27. The number of unbranched alkanes of at least 4 members (excludes halogenated alkanes) is 1. The molecule has 1 heterocycles. The Morgan fingerprint density at radius 2 is 1.43 bits per heavy atom. The number of aryl methyl sites for hydroxylation is 2. The quantitative estimate of drug-likeness (QED) is 0.203. The van der Waals surface area contributed by atoms with Crippen LogP contribution in [0, 0.1) is 34.9 Å². The molecule has 0 bridgehead atoms. The van der Waals surface area contributed by atoms with Crippen molar-refractivity contribution in [1.82, 2.24) is 0 Å². The summed E-state index contributed by atoms with van der Waals surface area (Å²) in [7, 11) is 0. The maximum atomic E-state index is 15.5. The molecule has 212 valence electrons. The molecule has 0 fully saturated rings. The Morgan fingerprint density at radius 3 is 2.08 bits per heavy atom. The number of rotatable bonds is 8. The third-order valence-corrected chi connectivity index (χ3v) is 7.33. The highest BCUT2D eigenvalue weighted by molar-refractivity contribution is 5.79. The van der Waals surface area contributed by atoms with E-state index in [1.807, 2.05) is 6.92 Å². The minimum atomic E-state index is -1.28. The third-order valence-electron chi connectivity index (χ3n) is 7.33. The van der Waals surface area contributed by atoms with Gasteiger partial charge in [-0.25, -0.2) is 17.6 Å². The zero-order valence-corrected chi connectivity index (χ0v) is 22.1. The lowest BCUT2D eigenvalue weighted by Gasteiger charge is -2.27. The molecule has 0 aromatic heterocycles. The summed E-state index contributed by atoms with van der Waals surface area (Å²) in [4.78, 5) is 0. The topological polar surface area (TPSA) is 27.7 Å². The largest absolute Gasteiger partial charge is 0.493 e. The third kappa shape index (κ3) is 4.90. The molecule has 0 spiro atoms. The molecule has 0 saturated carbocycles. The highest BCUT2D eigenvalue weighted by Crippen LogP contribution is 2.44. The van der Waals surface area contributed by atoms with Crippen molar-refractivity contribution < 1.29 is 40.6 Å². The summed E-state index contributed by atoms with van der Waals surface area (Å²) in [5.41, 5.74) is 0.308. The van der Waals surface area contributed by atoms with E-state index >= 15 is 13.2 Å². The van der Waals surface area contributed by atoms with E-state index in [-0.39, 0.29) is 72.6 Å². The Bertz CT molecular complexity index is 1480. The van der Waals surface area contributed by atoms with Crippen molar-refractivity contribution in [2.24, 2.45) is 0 Å². The summed E-state index contributed by atoms with van der Waals surface area (Å²) >= 11 is 0. The first kappa shape index (κ1) is 27.9. The van der Waals surface area contributed by atoms with Crippen molar-refractivity contribution in [3.8, 4) is 22.6 Å². The fourth-order valence-electron chi connectivity index (χ4n) is 5.27. The Kier molecular flexibility index (Phi) is 8.01. The number of halogens is 6. The molecule has 2 aliphatic rings. The van der Waals surface area contributed by atoms with E-state index in [0.29, 0.717) is 23.1 Å². The predicted molar refractivity (Wildman–Crippen MR) is 138 cm³/mol. The van der Waals surface area contributed by atoms with Crippen LogP contribution in [0.1, 0.15) is 67.9 Å². The molecule has 3 aromatic carbocycles. The Morgan fingerprint density at radius 1 is 0.750 bits per heavy atom.